The molecule has 0 amide bonds. The molecule has 15 heavy (non-hydrogen) atoms. The van der Waals surface area contributed by atoms with Crippen molar-refractivity contribution in [1.82, 2.24) is 0 Å². The van der Waals surface area contributed by atoms with Crippen LogP contribution in [0.1, 0.15) is 22.3 Å². The number of hydrogen-bond donors (Lipinski definition) is 1. The summed E-state index contributed by atoms with van der Waals surface area (Å²) in [5.41, 5.74) is 2.69. The van der Waals surface area contributed by atoms with E-state index in [1.54, 1.807) is 18.2 Å². The van der Waals surface area contributed by atoms with Gasteiger partial charge in [-0.05, 0) is 35.4 Å². The Bertz CT molecular complexity index is 410. The zero-order chi connectivity index (χ0) is 10.7. The minimum Gasteiger partial charge on any atom is -0.478 e. The van der Waals surface area contributed by atoms with E-state index in [4.69, 9.17) is 5.11 Å². The van der Waals surface area contributed by atoms with Crippen LogP contribution in [0.2, 0.25) is 0 Å². The van der Waals surface area contributed by atoms with Crippen molar-refractivity contribution in [2.24, 2.45) is 0 Å². The second-order valence-electron chi connectivity index (χ2n) is 3.44. The summed E-state index contributed by atoms with van der Waals surface area (Å²) in [6.07, 6.45) is 3.23. The standard InChI is InChI=1S/C12H12O2S/c13-12(14)11-3-1-2-10(8-11)9-4-6-15-7-5-9/h1-4,8H,5-7H2,(H,13,14). The molecule has 78 valence electrons. The Morgan fingerprint density at radius 3 is 2.93 bits per heavy atom. The third-order valence-corrected chi connectivity index (χ3v) is 3.34. The van der Waals surface area contributed by atoms with E-state index in [2.05, 4.69) is 6.08 Å². The van der Waals surface area contributed by atoms with Gasteiger partial charge in [-0.2, -0.15) is 11.8 Å². The van der Waals surface area contributed by atoms with Crippen LogP contribution < -0.4 is 0 Å². The molecule has 2 nitrogen and oxygen atoms in total. The third kappa shape index (κ3) is 2.42. The van der Waals surface area contributed by atoms with Crippen molar-refractivity contribution in [3.8, 4) is 0 Å². The van der Waals surface area contributed by atoms with Crippen LogP contribution >= 0.6 is 11.8 Å². The smallest absolute Gasteiger partial charge is 0.335 e. The number of carboxylic acids is 1. The Morgan fingerprint density at radius 2 is 2.27 bits per heavy atom. The average Bonchev–Trinajstić information content (AvgIpc) is 2.30. The number of carbonyl (C=O) groups is 1. The number of rotatable bonds is 2. The van der Waals surface area contributed by atoms with E-state index in [1.807, 2.05) is 17.8 Å². The van der Waals surface area contributed by atoms with Gasteiger partial charge in [-0.25, -0.2) is 4.79 Å². The number of carboxylic acid groups (broad SMARTS) is 1. The predicted molar refractivity (Wildman–Crippen MR) is 63.3 cm³/mol. The van der Waals surface area contributed by atoms with Gasteiger partial charge in [-0.15, -0.1) is 0 Å². The summed E-state index contributed by atoms with van der Waals surface area (Å²) in [7, 11) is 0. The second-order valence-corrected chi connectivity index (χ2v) is 4.59. The van der Waals surface area contributed by atoms with E-state index in [0.29, 0.717) is 5.56 Å². The fraction of sp³-hybridized carbons (Fsp3) is 0.250. The van der Waals surface area contributed by atoms with Crippen LogP contribution in [0.25, 0.3) is 5.57 Å². The summed E-state index contributed by atoms with van der Waals surface area (Å²) in [5.74, 6) is 1.30. The van der Waals surface area contributed by atoms with Crippen molar-refractivity contribution in [1.29, 1.82) is 0 Å². The first-order valence-corrected chi connectivity index (χ1v) is 6.03. The van der Waals surface area contributed by atoms with E-state index in [9.17, 15) is 4.79 Å². The highest BCUT2D eigenvalue weighted by molar-refractivity contribution is 7.99. The SMILES string of the molecule is O=C(O)c1cccc(C2=CCSCC2)c1. The van der Waals surface area contributed by atoms with E-state index in [0.717, 1.165) is 23.5 Å². The van der Waals surface area contributed by atoms with Gasteiger partial charge < -0.3 is 5.11 Å². The number of allylic oxidation sites excluding steroid dienone is 1. The molecule has 0 unspecified atom stereocenters. The number of hydrogen-bond acceptors (Lipinski definition) is 2. The highest BCUT2D eigenvalue weighted by Crippen LogP contribution is 2.26. The minimum atomic E-state index is -0.859. The first-order valence-electron chi connectivity index (χ1n) is 4.88. The highest BCUT2D eigenvalue weighted by atomic mass is 32.2. The molecule has 0 saturated carbocycles. The molecule has 1 heterocycles. The normalized spacial score (nSPS) is 15.9. The molecule has 1 aliphatic rings. The van der Waals surface area contributed by atoms with Crippen LogP contribution in [0.4, 0.5) is 0 Å². The summed E-state index contributed by atoms with van der Waals surface area (Å²) >= 11 is 1.91. The molecule has 1 aromatic rings. The molecular formula is C12H12O2S. The summed E-state index contributed by atoms with van der Waals surface area (Å²) in [4.78, 5) is 10.8. The number of benzene rings is 1. The molecule has 2 rings (SSSR count). The Balaban J connectivity index is 2.31. The van der Waals surface area contributed by atoms with Gasteiger partial charge >= 0.3 is 5.97 Å². The molecule has 0 fully saturated rings. The third-order valence-electron chi connectivity index (χ3n) is 2.44. The fourth-order valence-corrected chi connectivity index (χ4v) is 2.49. The van der Waals surface area contributed by atoms with Crippen molar-refractivity contribution in [3.63, 3.8) is 0 Å². The highest BCUT2D eigenvalue weighted by Gasteiger charge is 2.08. The van der Waals surface area contributed by atoms with Gasteiger partial charge in [0.1, 0.15) is 0 Å². The summed E-state index contributed by atoms with van der Waals surface area (Å²) < 4.78 is 0. The maximum atomic E-state index is 10.8. The zero-order valence-corrected chi connectivity index (χ0v) is 9.09. The molecule has 3 heteroatoms. The zero-order valence-electron chi connectivity index (χ0n) is 8.27. The van der Waals surface area contributed by atoms with Crippen molar-refractivity contribution >= 4 is 23.3 Å². The maximum Gasteiger partial charge on any atom is 0.335 e. The number of aromatic carboxylic acids is 1. The first kappa shape index (κ1) is 10.3. The molecule has 1 N–H and O–H groups in total. The number of thioether (sulfide) groups is 1. The predicted octanol–water partition coefficient (Wildman–Crippen LogP) is 2.91. The van der Waals surface area contributed by atoms with Crippen LogP contribution in [0.5, 0.6) is 0 Å². The van der Waals surface area contributed by atoms with Crippen molar-refractivity contribution in [2.75, 3.05) is 11.5 Å². The van der Waals surface area contributed by atoms with Crippen molar-refractivity contribution in [3.05, 3.63) is 41.5 Å². The van der Waals surface area contributed by atoms with Crippen LogP contribution in [0.15, 0.2) is 30.3 Å². The van der Waals surface area contributed by atoms with Gasteiger partial charge in [-0.3, -0.25) is 0 Å². The van der Waals surface area contributed by atoms with E-state index in [-0.39, 0.29) is 0 Å². The van der Waals surface area contributed by atoms with Crippen LogP contribution in [0, 0.1) is 0 Å². The van der Waals surface area contributed by atoms with E-state index >= 15 is 0 Å². The monoisotopic (exact) mass is 220 g/mol. The lowest BCUT2D eigenvalue weighted by atomic mass is 10.0. The largest absolute Gasteiger partial charge is 0.478 e. The van der Waals surface area contributed by atoms with Gasteiger partial charge in [0, 0.05) is 5.75 Å². The second kappa shape index (κ2) is 4.53. The van der Waals surface area contributed by atoms with Gasteiger partial charge in [0.2, 0.25) is 0 Å². The Labute approximate surface area is 93.0 Å². The molecular weight excluding hydrogens is 208 g/mol. The van der Waals surface area contributed by atoms with E-state index in [1.165, 1.54) is 5.57 Å². The lowest BCUT2D eigenvalue weighted by Crippen LogP contribution is -1.99. The maximum absolute atomic E-state index is 10.8. The minimum absolute atomic E-state index is 0.367. The molecule has 1 aromatic carbocycles. The average molecular weight is 220 g/mol. The topological polar surface area (TPSA) is 37.3 Å². The molecule has 0 radical (unpaired) electrons. The van der Waals surface area contributed by atoms with E-state index < -0.39 is 5.97 Å². The first-order chi connectivity index (χ1) is 7.27. The molecule has 0 aromatic heterocycles. The summed E-state index contributed by atoms with van der Waals surface area (Å²) in [6.45, 7) is 0. The molecule has 0 aliphatic carbocycles. The van der Waals surface area contributed by atoms with Gasteiger partial charge in [-0.1, -0.05) is 18.2 Å². The lowest BCUT2D eigenvalue weighted by molar-refractivity contribution is 0.0697. The Hall–Kier alpha value is -1.22. The fourth-order valence-electron chi connectivity index (χ4n) is 1.64. The van der Waals surface area contributed by atoms with Crippen LogP contribution in [0.3, 0.4) is 0 Å². The molecule has 0 spiro atoms. The molecule has 0 saturated heterocycles. The van der Waals surface area contributed by atoms with Gasteiger partial charge in [0.15, 0.2) is 0 Å². The van der Waals surface area contributed by atoms with Crippen molar-refractivity contribution < 1.29 is 9.90 Å². The van der Waals surface area contributed by atoms with Crippen LogP contribution in [-0.4, -0.2) is 22.6 Å². The van der Waals surface area contributed by atoms with Gasteiger partial charge in [0.05, 0.1) is 5.56 Å². The van der Waals surface area contributed by atoms with Gasteiger partial charge in [0.25, 0.3) is 0 Å². The lowest BCUT2D eigenvalue weighted by Gasteiger charge is -2.12. The Kier molecular flexibility index (Phi) is 3.11. The Morgan fingerprint density at radius 1 is 1.40 bits per heavy atom. The van der Waals surface area contributed by atoms with Crippen molar-refractivity contribution in [2.45, 2.75) is 6.42 Å². The summed E-state index contributed by atoms with van der Waals surface area (Å²) in [6, 6.07) is 7.17. The molecule has 0 atom stereocenters. The van der Waals surface area contributed by atoms with Crippen LogP contribution in [-0.2, 0) is 0 Å². The quantitative estimate of drug-likeness (QED) is 0.832. The summed E-state index contributed by atoms with van der Waals surface area (Å²) in [5, 5.41) is 8.88. The molecule has 1 aliphatic heterocycles. The molecule has 0 bridgehead atoms.